The van der Waals surface area contributed by atoms with E-state index in [0.29, 0.717) is 0 Å². The first-order chi connectivity index (χ1) is 6.59. The summed E-state index contributed by atoms with van der Waals surface area (Å²) in [5.74, 6) is 1.72. The Morgan fingerprint density at radius 2 is 1.93 bits per heavy atom. The van der Waals surface area contributed by atoms with Crippen molar-refractivity contribution < 1.29 is 5.11 Å². The van der Waals surface area contributed by atoms with Gasteiger partial charge in [-0.25, -0.2) is 0 Å². The Labute approximate surface area is 88.3 Å². The van der Waals surface area contributed by atoms with Crippen LogP contribution in [0.4, 0.5) is 0 Å². The van der Waals surface area contributed by atoms with Crippen molar-refractivity contribution in [2.75, 3.05) is 19.6 Å². The molecule has 0 aromatic heterocycles. The third-order valence-electron chi connectivity index (χ3n) is 3.33. The Bertz CT molecular complexity index is 156. The van der Waals surface area contributed by atoms with Crippen LogP contribution in [0.2, 0.25) is 0 Å². The van der Waals surface area contributed by atoms with Crippen LogP contribution in [0.5, 0.6) is 0 Å². The maximum Gasteiger partial charge on any atom is 0.0639 e. The molecule has 0 aromatic rings. The summed E-state index contributed by atoms with van der Waals surface area (Å²) in [5.41, 5.74) is 0. The van der Waals surface area contributed by atoms with Crippen LogP contribution in [0.1, 0.15) is 40.0 Å². The zero-order chi connectivity index (χ0) is 10.6. The van der Waals surface area contributed by atoms with E-state index in [1.165, 1.54) is 32.4 Å². The summed E-state index contributed by atoms with van der Waals surface area (Å²) >= 11 is 0. The minimum atomic E-state index is -0.175. The van der Waals surface area contributed by atoms with E-state index in [9.17, 15) is 5.11 Å². The van der Waals surface area contributed by atoms with Gasteiger partial charge in [-0.1, -0.05) is 13.8 Å². The van der Waals surface area contributed by atoms with Gasteiger partial charge in [0.2, 0.25) is 0 Å². The zero-order valence-corrected chi connectivity index (χ0v) is 9.87. The summed E-state index contributed by atoms with van der Waals surface area (Å²) in [4.78, 5) is 2.41. The molecule has 1 unspecified atom stereocenters. The van der Waals surface area contributed by atoms with Gasteiger partial charge in [-0.3, -0.25) is 0 Å². The third kappa shape index (κ3) is 3.97. The quantitative estimate of drug-likeness (QED) is 0.752. The number of aliphatic hydroxyl groups is 1. The molecule has 2 atom stereocenters. The molecule has 0 aromatic carbocycles. The highest BCUT2D eigenvalue weighted by Crippen LogP contribution is 2.24. The van der Waals surface area contributed by atoms with Gasteiger partial charge in [-0.05, 0) is 51.1 Å². The van der Waals surface area contributed by atoms with Gasteiger partial charge in [0.1, 0.15) is 0 Å². The smallest absolute Gasteiger partial charge is 0.0639 e. The molecule has 0 spiro atoms. The lowest BCUT2D eigenvalue weighted by Crippen LogP contribution is -2.32. The van der Waals surface area contributed by atoms with Crippen molar-refractivity contribution in [1.82, 2.24) is 4.90 Å². The molecular weight excluding hydrogens is 174 g/mol. The highest BCUT2D eigenvalue weighted by atomic mass is 16.3. The van der Waals surface area contributed by atoms with E-state index in [1.807, 2.05) is 6.92 Å². The number of aliphatic hydroxyl groups excluding tert-OH is 1. The second-order valence-electron chi connectivity index (χ2n) is 5.08. The van der Waals surface area contributed by atoms with Gasteiger partial charge in [0.15, 0.2) is 0 Å². The Hall–Kier alpha value is -0.0800. The lowest BCUT2D eigenvalue weighted by Gasteiger charge is -2.22. The molecule has 0 amide bonds. The first kappa shape index (κ1) is 12.0. The van der Waals surface area contributed by atoms with Gasteiger partial charge in [0, 0.05) is 6.54 Å². The van der Waals surface area contributed by atoms with Crippen LogP contribution in [0.3, 0.4) is 0 Å². The van der Waals surface area contributed by atoms with E-state index in [2.05, 4.69) is 18.7 Å². The molecule has 1 aliphatic rings. The summed E-state index contributed by atoms with van der Waals surface area (Å²) < 4.78 is 0. The number of nitrogens with zero attached hydrogens (tertiary/aromatic N) is 1. The van der Waals surface area contributed by atoms with E-state index in [-0.39, 0.29) is 6.10 Å². The molecule has 0 radical (unpaired) electrons. The SMILES string of the molecule is CC(C)C1CCCN(C[C@H](C)O)CC1. The predicted octanol–water partition coefficient (Wildman–Crippen LogP) is 2.13. The zero-order valence-electron chi connectivity index (χ0n) is 9.87. The first-order valence-corrected chi connectivity index (χ1v) is 6.00. The van der Waals surface area contributed by atoms with Crippen molar-refractivity contribution in [1.29, 1.82) is 0 Å². The number of likely N-dealkylation sites (tertiary alicyclic amines) is 1. The standard InChI is InChI=1S/C12H25NO/c1-10(2)12-5-4-7-13(8-6-12)9-11(3)14/h10-12,14H,4-9H2,1-3H3/t11-,12?/m0/s1. The molecule has 0 aliphatic carbocycles. The van der Waals surface area contributed by atoms with Crippen molar-refractivity contribution in [2.24, 2.45) is 11.8 Å². The van der Waals surface area contributed by atoms with E-state index >= 15 is 0 Å². The molecule has 1 N–H and O–H groups in total. The van der Waals surface area contributed by atoms with Gasteiger partial charge in [-0.2, -0.15) is 0 Å². The minimum absolute atomic E-state index is 0.175. The van der Waals surface area contributed by atoms with Crippen LogP contribution in [-0.4, -0.2) is 35.7 Å². The fourth-order valence-corrected chi connectivity index (χ4v) is 2.40. The van der Waals surface area contributed by atoms with Gasteiger partial charge in [0.05, 0.1) is 6.10 Å². The van der Waals surface area contributed by atoms with Crippen LogP contribution in [0.15, 0.2) is 0 Å². The Kier molecular flexibility index (Phi) is 4.90. The van der Waals surface area contributed by atoms with Crippen molar-refractivity contribution in [3.63, 3.8) is 0 Å². The molecule has 1 saturated heterocycles. The van der Waals surface area contributed by atoms with Crippen LogP contribution < -0.4 is 0 Å². The summed E-state index contributed by atoms with van der Waals surface area (Å²) in [6.07, 6.45) is 3.80. The fourth-order valence-electron chi connectivity index (χ4n) is 2.40. The molecule has 1 rings (SSSR count). The fraction of sp³-hybridized carbons (Fsp3) is 1.00. The van der Waals surface area contributed by atoms with Crippen molar-refractivity contribution >= 4 is 0 Å². The number of hydrogen-bond acceptors (Lipinski definition) is 2. The van der Waals surface area contributed by atoms with E-state index in [4.69, 9.17) is 0 Å². The van der Waals surface area contributed by atoms with Crippen LogP contribution in [0.25, 0.3) is 0 Å². The summed E-state index contributed by atoms with van der Waals surface area (Å²) in [6, 6.07) is 0. The molecule has 84 valence electrons. The first-order valence-electron chi connectivity index (χ1n) is 6.00. The monoisotopic (exact) mass is 199 g/mol. The van der Waals surface area contributed by atoms with Crippen molar-refractivity contribution in [2.45, 2.75) is 46.1 Å². The predicted molar refractivity (Wildman–Crippen MR) is 60.3 cm³/mol. The van der Waals surface area contributed by atoms with Gasteiger partial charge in [-0.15, -0.1) is 0 Å². The second-order valence-corrected chi connectivity index (χ2v) is 5.08. The number of β-amino-alcohol motifs (C(OH)–C–C–N with tert-alkyl or cyclic N) is 1. The maximum absolute atomic E-state index is 9.33. The summed E-state index contributed by atoms with van der Waals surface area (Å²) in [7, 11) is 0. The lowest BCUT2D eigenvalue weighted by molar-refractivity contribution is 0.127. The topological polar surface area (TPSA) is 23.5 Å². The average Bonchev–Trinajstić information content (AvgIpc) is 2.28. The van der Waals surface area contributed by atoms with E-state index in [0.717, 1.165) is 18.4 Å². The third-order valence-corrected chi connectivity index (χ3v) is 3.33. The van der Waals surface area contributed by atoms with Crippen molar-refractivity contribution in [3.8, 4) is 0 Å². The molecule has 0 bridgehead atoms. The van der Waals surface area contributed by atoms with E-state index < -0.39 is 0 Å². The molecule has 1 heterocycles. The van der Waals surface area contributed by atoms with Crippen LogP contribution >= 0.6 is 0 Å². The highest BCUT2D eigenvalue weighted by molar-refractivity contribution is 4.73. The molecular formula is C12H25NO. The van der Waals surface area contributed by atoms with E-state index in [1.54, 1.807) is 0 Å². The molecule has 1 aliphatic heterocycles. The van der Waals surface area contributed by atoms with Crippen LogP contribution in [0, 0.1) is 11.8 Å². The lowest BCUT2D eigenvalue weighted by atomic mass is 9.89. The molecule has 2 heteroatoms. The van der Waals surface area contributed by atoms with Crippen LogP contribution in [-0.2, 0) is 0 Å². The molecule has 1 fully saturated rings. The Morgan fingerprint density at radius 3 is 2.50 bits per heavy atom. The summed E-state index contributed by atoms with van der Waals surface area (Å²) in [6.45, 7) is 9.74. The van der Waals surface area contributed by atoms with Gasteiger partial charge in [0.25, 0.3) is 0 Å². The normalized spacial score (nSPS) is 27.6. The molecule has 2 nitrogen and oxygen atoms in total. The number of rotatable bonds is 3. The van der Waals surface area contributed by atoms with Crippen molar-refractivity contribution in [3.05, 3.63) is 0 Å². The summed E-state index contributed by atoms with van der Waals surface area (Å²) in [5, 5.41) is 9.33. The Balaban J connectivity index is 2.33. The highest BCUT2D eigenvalue weighted by Gasteiger charge is 2.19. The van der Waals surface area contributed by atoms with Gasteiger partial charge < -0.3 is 10.0 Å². The number of hydrogen-bond donors (Lipinski definition) is 1. The minimum Gasteiger partial charge on any atom is -0.392 e. The molecule has 0 saturated carbocycles. The second kappa shape index (κ2) is 5.72. The average molecular weight is 199 g/mol. The maximum atomic E-state index is 9.33. The largest absolute Gasteiger partial charge is 0.392 e. The van der Waals surface area contributed by atoms with Gasteiger partial charge >= 0.3 is 0 Å². The molecule has 14 heavy (non-hydrogen) atoms. The Morgan fingerprint density at radius 1 is 1.21 bits per heavy atom.